The smallest absolute Gasteiger partial charge is 0.258 e. The van der Waals surface area contributed by atoms with Crippen molar-refractivity contribution in [1.82, 2.24) is 0 Å². The molecule has 6 aromatic rings. The van der Waals surface area contributed by atoms with Crippen LogP contribution in [0.1, 0.15) is 16.7 Å². The van der Waals surface area contributed by atoms with Crippen LogP contribution in [0, 0.1) is 170 Å². The molecule has 3 nitrogen and oxygen atoms in total. The maximum Gasteiger partial charge on any atom is 0.269 e. The summed E-state index contributed by atoms with van der Waals surface area (Å²) in [6.45, 7) is 2.85. The monoisotopic (exact) mass is 994 g/mol. The minimum atomic E-state index is -7.05. The molecule has 0 aliphatic carbocycles. The molecule has 358 valence electrons. The molecule has 0 bridgehead atoms. The highest BCUT2D eigenvalue weighted by molar-refractivity contribution is 7.20. The summed E-state index contributed by atoms with van der Waals surface area (Å²) in [6, 6.07) is 6.43. The summed E-state index contributed by atoms with van der Waals surface area (Å²) < 4.78 is 344. The first-order chi connectivity index (χ1) is 30.9. The van der Waals surface area contributed by atoms with Gasteiger partial charge < -0.3 is 0 Å². The highest BCUT2D eigenvalue weighted by Gasteiger charge is 2.52. The molecule has 67 heavy (non-hydrogen) atoms. The van der Waals surface area contributed by atoms with Gasteiger partial charge in [0.15, 0.2) is 87.3 Å². The van der Waals surface area contributed by atoms with Crippen LogP contribution in [0.2, 0.25) is 0 Å². The molecule has 0 atom stereocenters. The number of nitro benzene ring substituents is 1. The fourth-order valence-corrected chi connectivity index (χ4v) is 6.39. The molecule has 0 spiro atoms. The highest BCUT2D eigenvalue weighted by atomic mass is 19.2. The number of rotatable bonds is 5. The Morgan fingerprint density at radius 2 is 0.463 bits per heavy atom. The average Bonchev–Trinajstić information content (AvgIpc) is 3.30. The van der Waals surface area contributed by atoms with Crippen molar-refractivity contribution < 1.29 is 110 Å². The summed E-state index contributed by atoms with van der Waals surface area (Å²) in [5, 5.41) is 10.1. The molecule has 0 saturated carbocycles. The van der Waals surface area contributed by atoms with E-state index in [2.05, 4.69) is 0 Å². The van der Waals surface area contributed by atoms with Gasteiger partial charge in [-0.3, -0.25) is 10.1 Å². The Kier molecular flexibility index (Phi) is 15.1. The van der Waals surface area contributed by atoms with Gasteiger partial charge in [-0.2, -0.15) is 0 Å². The van der Waals surface area contributed by atoms with Crippen LogP contribution in [0.25, 0.3) is 0 Å². The number of nitrogens with zero attached hydrogens (tertiary/aromatic N) is 1. The van der Waals surface area contributed by atoms with E-state index in [0.717, 1.165) is 12.5 Å². The molecule has 0 aromatic heterocycles. The van der Waals surface area contributed by atoms with Crippen molar-refractivity contribution in [3.05, 3.63) is 191 Å². The van der Waals surface area contributed by atoms with E-state index in [1.54, 1.807) is 12.1 Å². The first kappa shape index (κ1) is 52.7. The Balaban J connectivity index is 0.000000361. The number of hydrogen-bond acceptors (Lipinski definition) is 2. The largest absolute Gasteiger partial charge is 0.269 e. The van der Waals surface area contributed by atoms with Gasteiger partial charge in [0.2, 0.25) is 5.82 Å². The number of hydrogen-bond donors (Lipinski definition) is 0. The van der Waals surface area contributed by atoms with Crippen molar-refractivity contribution in [2.75, 3.05) is 0 Å². The van der Waals surface area contributed by atoms with Crippen LogP contribution in [-0.4, -0.2) is 11.1 Å². The molecule has 0 saturated heterocycles. The molecule has 0 unspecified atom stereocenters. The van der Waals surface area contributed by atoms with Crippen LogP contribution in [0.4, 0.5) is 111 Å². The maximum absolute atomic E-state index is 15.6. The van der Waals surface area contributed by atoms with Gasteiger partial charge in [0.25, 0.3) is 5.69 Å². The minimum absolute atomic E-state index is 0.143. The summed E-state index contributed by atoms with van der Waals surface area (Å²) in [7, 11) is 0. The molecule has 0 fully saturated rings. The quantitative estimate of drug-likeness (QED) is 0.0431. The fraction of sp³-hybridized carbons (Fsp3) is 0.0769. The Bertz CT molecular complexity index is 2530. The molecule has 0 radical (unpaired) electrons. The summed E-state index contributed by atoms with van der Waals surface area (Å²) >= 11 is 0. The molecule has 6 aromatic carbocycles. The summed E-state index contributed by atoms with van der Waals surface area (Å²) in [6.07, 6.45) is -7.05. The predicted octanol–water partition coefficient (Wildman–Crippen LogP) is 10.6. The zero-order chi connectivity index (χ0) is 51.4. The number of aryl methyl sites for hydroxylation is 1. The third-order valence-electron chi connectivity index (χ3n) is 9.65. The summed E-state index contributed by atoms with van der Waals surface area (Å²) in [5.41, 5.74) is -15.3. The van der Waals surface area contributed by atoms with Crippen molar-refractivity contribution in [3.63, 3.8) is 0 Å². The van der Waals surface area contributed by atoms with E-state index in [1.807, 2.05) is 6.92 Å². The lowest BCUT2D eigenvalue weighted by atomic mass is 9.12. The van der Waals surface area contributed by atoms with Crippen molar-refractivity contribution >= 4 is 33.7 Å². The van der Waals surface area contributed by atoms with E-state index >= 15 is 35.1 Å². The highest BCUT2D eigenvalue weighted by Crippen LogP contribution is 2.31. The molecule has 0 aliphatic heterocycles. The van der Waals surface area contributed by atoms with Crippen LogP contribution in [0.3, 0.4) is 0 Å². The van der Waals surface area contributed by atoms with Crippen LogP contribution < -0.4 is 21.9 Å². The first-order valence-corrected chi connectivity index (χ1v) is 17.1. The zero-order valence-electron chi connectivity index (χ0n) is 32.2. The van der Waals surface area contributed by atoms with Crippen LogP contribution >= 0.6 is 0 Å². The Morgan fingerprint density at radius 3 is 0.672 bits per heavy atom. The topological polar surface area (TPSA) is 43.1 Å². The standard InChI is InChI=1S/C25H3BF19.C7H3F5.C7H7NO2/c1-2-7(27)9(29)3(10(30)8(2)28)26(4-11(31)17(37)23(43)18(38)12(4)32,5-13(33)19(39)24(44)20(40)14(5)34)6-15(35)21(41)25(45)22(42)16(6)36;1-2-3(8)5(10)7(12)6(11)4(2)9;1-6-2-4-7(5-3-6)8(9)10/h1H3;1H3;2-5H,1H3/q-1;;. The third kappa shape index (κ3) is 8.44. The van der Waals surface area contributed by atoms with Crippen LogP contribution in [-0.2, 0) is 0 Å². The molecule has 28 heteroatoms. The third-order valence-corrected chi connectivity index (χ3v) is 9.65. The molecule has 0 N–H and O–H groups in total. The normalized spacial score (nSPS) is 11.3. The molecule has 6 rings (SSSR count). The van der Waals surface area contributed by atoms with Crippen LogP contribution in [0.15, 0.2) is 24.3 Å². The van der Waals surface area contributed by atoms with Crippen molar-refractivity contribution in [1.29, 1.82) is 0 Å². The number of halogens is 24. The molecule has 0 heterocycles. The molecular weight excluding hydrogens is 981 g/mol. The van der Waals surface area contributed by atoms with Crippen molar-refractivity contribution in [2.45, 2.75) is 20.8 Å². The summed E-state index contributed by atoms with van der Waals surface area (Å²) in [4.78, 5) is 9.71. The van der Waals surface area contributed by atoms with Crippen molar-refractivity contribution in [2.24, 2.45) is 0 Å². The summed E-state index contributed by atoms with van der Waals surface area (Å²) in [5.74, 6) is -74.3. The second-order valence-corrected chi connectivity index (χ2v) is 13.4. The van der Waals surface area contributed by atoms with Gasteiger partial charge in [0.05, 0.1) is 4.92 Å². The lowest BCUT2D eigenvalue weighted by molar-refractivity contribution is -0.384. The number of non-ortho nitro benzene ring substituents is 1. The van der Waals surface area contributed by atoms with Gasteiger partial charge in [0.1, 0.15) is 52.7 Å². The SMILES string of the molecule is Cc1c(F)c(F)c(F)c(F)c1F.Cc1c(F)c(F)c([B-](c2c(F)c(F)c(F)c(F)c2F)(c2c(F)c(F)c(F)c(F)c2F)c2c(F)c(F)c(F)c(F)c2F)c(F)c1F.Cc1ccc([N+](=O)[O-])cc1. The fourth-order valence-electron chi connectivity index (χ4n) is 6.39. The van der Waals surface area contributed by atoms with E-state index in [4.69, 9.17) is 0 Å². The second-order valence-electron chi connectivity index (χ2n) is 13.4. The predicted molar refractivity (Wildman–Crippen MR) is 183 cm³/mol. The second kappa shape index (κ2) is 19.1. The minimum Gasteiger partial charge on any atom is -0.258 e. The van der Waals surface area contributed by atoms with E-state index in [9.17, 15) is 80.4 Å². The van der Waals surface area contributed by atoms with Gasteiger partial charge in [-0.25, -0.2) is 105 Å². The van der Waals surface area contributed by atoms with Gasteiger partial charge >= 0.3 is 0 Å². The average molecular weight is 994 g/mol. The van der Waals surface area contributed by atoms with E-state index in [0.29, 0.717) is 0 Å². The molecular formula is C39H13BF24NO2-. The van der Waals surface area contributed by atoms with Gasteiger partial charge in [0, 0.05) is 23.3 Å². The van der Waals surface area contributed by atoms with Crippen LogP contribution in [0.5, 0.6) is 0 Å². The van der Waals surface area contributed by atoms with E-state index in [-0.39, 0.29) is 12.6 Å². The van der Waals surface area contributed by atoms with Gasteiger partial charge in [-0.05, 0) is 20.8 Å². The van der Waals surface area contributed by atoms with Gasteiger partial charge in [-0.15, -0.1) is 21.9 Å². The Labute approximate surface area is 355 Å². The lowest BCUT2D eigenvalue weighted by Crippen LogP contribution is -2.81. The Morgan fingerprint density at radius 1 is 0.299 bits per heavy atom. The van der Waals surface area contributed by atoms with E-state index in [1.165, 1.54) is 12.1 Å². The number of nitro groups is 1. The number of benzene rings is 6. The lowest BCUT2D eigenvalue weighted by Gasteiger charge is -2.45. The van der Waals surface area contributed by atoms with E-state index < -0.39 is 184 Å². The van der Waals surface area contributed by atoms with Gasteiger partial charge in [-0.1, -0.05) is 17.7 Å². The molecule has 0 aliphatic rings. The Hall–Kier alpha value is -6.90. The first-order valence-electron chi connectivity index (χ1n) is 17.1. The van der Waals surface area contributed by atoms with Crippen molar-refractivity contribution in [3.8, 4) is 0 Å². The maximum atomic E-state index is 15.6. The molecule has 0 amide bonds. The zero-order valence-corrected chi connectivity index (χ0v) is 32.2.